The van der Waals surface area contributed by atoms with Crippen molar-refractivity contribution in [3.8, 4) is 11.1 Å². The Bertz CT molecular complexity index is 1090. The van der Waals surface area contributed by atoms with E-state index >= 15 is 0 Å². The number of amides is 2. The van der Waals surface area contributed by atoms with Crippen molar-refractivity contribution < 1.29 is 24.2 Å². The van der Waals surface area contributed by atoms with Gasteiger partial charge in [-0.05, 0) is 35.1 Å². The van der Waals surface area contributed by atoms with Gasteiger partial charge in [0.2, 0.25) is 5.91 Å². The van der Waals surface area contributed by atoms with E-state index in [1.165, 1.54) is 4.90 Å². The minimum absolute atomic E-state index is 0.0766. The number of hydrogen-bond acceptors (Lipinski definition) is 4. The van der Waals surface area contributed by atoms with E-state index < -0.39 is 23.5 Å². The number of rotatable bonds is 9. The van der Waals surface area contributed by atoms with Gasteiger partial charge in [0.05, 0.1) is 0 Å². The number of carbonyl (C=O) groups excluding carboxylic acids is 2. The van der Waals surface area contributed by atoms with Crippen molar-refractivity contribution in [3.63, 3.8) is 0 Å². The van der Waals surface area contributed by atoms with Gasteiger partial charge in [0.25, 0.3) is 0 Å². The Kier molecular flexibility index (Phi) is 6.54. The molecule has 4 rings (SSSR count). The van der Waals surface area contributed by atoms with Crippen LogP contribution < -0.4 is 5.32 Å². The molecule has 2 aromatic carbocycles. The third-order valence-electron chi connectivity index (χ3n) is 6.62. The second-order valence-electron chi connectivity index (χ2n) is 8.82. The number of carbonyl (C=O) groups is 3. The van der Waals surface area contributed by atoms with E-state index in [9.17, 15) is 19.5 Å². The van der Waals surface area contributed by atoms with Crippen molar-refractivity contribution in [2.75, 3.05) is 19.7 Å². The Labute approximate surface area is 198 Å². The van der Waals surface area contributed by atoms with E-state index in [0.717, 1.165) is 22.3 Å². The van der Waals surface area contributed by atoms with Gasteiger partial charge in [-0.15, -0.1) is 13.2 Å². The first-order chi connectivity index (χ1) is 16.4. The molecule has 1 unspecified atom stereocenters. The van der Waals surface area contributed by atoms with E-state index in [0.29, 0.717) is 0 Å². The van der Waals surface area contributed by atoms with E-state index in [1.807, 2.05) is 36.4 Å². The highest BCUT2D eigenvalue weighted by molar-refractivity contribution is 5.89. The Balaban J connectivity index is 1.39. The molecule has 2 aromatic rings. The maximum absolute atomic E-state index is 12.9. The van der Waals surface area contributed by atoms with Crippen LogP contribution >= 0.6 is 0 Å². The zero-order valence-electron chi connectivity index (χ0n) is 18.9. The second kappa shape index (κ2) is 9.55. The highest BCUT2D eigenvalue weighted by Crippen LogP contribution is 2.44. The van der Waals surface area contributed by atoms with Crippen LogP contribution in [-0.2, 0) is 14.3 Å². The summed E-state index contributed by atoms with van der Waals surface area (Å²) >= 11 is 0. The first kappa shape index (κ1) is 23.3. The molecule has 0 saturated carbocycles. The molecule has 1 saturated heterocycles. The van der Waals surface area contributed by atoms with Gasteiger partial charge in [0, 0.05) is 19.0 Å². The summed E-state index contributed by atoms with van der Waals surface area (Å²) in [5, 5.41) is 12.2. The van der Waals surface area contributed by atoms with Gasteiger partial charge in [0.1, 0.15) is 18.1 Å². The third kappa shape index (κ3) is 4.21. The fourth-order valence-corrected chi connectivity index (χ4v) is 4.86. The van der Waals surface area contributed by atoms with Crippen LogP contribution in [0.4, 0.5) is 4.79 Å². The topological polar surface area (TPSA) is 95.9 Å². The number of aliphatic carboxylic acids is 1. The standard InChI is InChI=1S/C27H28N2O5/c1-3-9-23(24(30)29-16-27(17-29,14-4-2)25(31)32)28-26(33)34-15-22-20-12-7-5-10-18(20)19-11-6-8-13-21(19)22/h3-8,10-13,22-23H,1-2,9,14-17H2,(H,28,33)(H,31,32). The summed E-state index contributed by atoms with van der Waals surface area (Å²) in [7, 11) is 0. The lowest BCUT2D eigenvalue weighted by Gasteiger charge is -2.47. The number of likely N-dealkylation sites (tertiary alicyclic amines) is 1. The molecule has 7 nitrogen and oxygen atoms in total. The van der Waals surface area contributed by atoms with Gasteiger partial charge in [0.15, 0.2) is 0 Å². The van der Waals surface area contributed by atoms with Crippen LogP contribution in [0, 0.1) is 5.41 Å². The first-order valence-corrected chi connectivity index (χ1v) is 11.3. The molecule has 1 atom stereocenters. The molecule has 176 valence electrons. The lowest BCUT2D eigenvalue weighted by molar-refractivity contribution is -0.166. The van der Waals surface area contributed by atoms with Gasteiger partial charge < -0.3 is 20.1 Å². The minimum atomic E-state index is -1.01. The monoisotopic (exact) mass is 460 g/mol. The number of fused-ring (bicyclic) bond motifs is 3. The SMILES string of the molecule is C=CCC(NC(=O)OCC1c2ccccc2-c2ccccc21)C(=O)N1CC(CC=C)(C(=O)O)C1. The summed E-state index contributed by atoms with van der Waals surface area (Å²) in [6.45, 7) is 7.57. The smallest absolute Gasteiger partial charge is 0.407 e. The van der Waals surface area contributed by atoms with Crippen LogP contribution in [0.5, 0.6) is 0 Å². The summed E-state index contributed by atoms with van der Waals surface area (Å²) in [5.41, 5.74) is 3.45. The van der Waals surface area contributed by atoms with Gasteiger partial charge in [-0.25, -0.2) is 4.79 Å². The van der Waals surface area contributed by atoms with E-state index in [2.05, 4.69) is 30.6 Å². The highest BCUT2D eigenvalue weighted by atomic mass is 16.5. The number of carboxylic acids is 1. The van der Waals surface area contributed by atoms with E-state index in [4.69, 9.17) is 4.74 Å². The van der Waals surface area contributed by atoms with Crippen molar-refractivity contribution in [2.45, 2.75) is 24.8 Å². The van der Waals surface area contributed by atoms with Crippen LogP contribution in [0.25, 0.3) is 11.1 Å². The lowest BCUT2D eigenvalue weighted by Crippen LogP contribution is -2.65. The Morgan fingerprint density at radius 1 is 1.06 bits per heavy atom. The van der Waals surface area contributed by atoms with Gasteiger partial charge in [-0.3, -0.25) is 9.59 Å². The number of benzene rings is 2. The fraction of sp³-hybridized carbons (Fsp3) is 0.296. The average molecular weight is 461 g/mol. The molecule has 7 heteroatoms. The molecule has 0 aromatic heterocycles. The van der Waals surface area contributed by atoms with Crippen LogP contribution in [0.2, 0.25) is 0 Å². The molecule has 1 heterocycles. The molecule has 0 spiro atoms. The molecule has 34 heavy (non-hydrogen) atoms. The molecule has 1 aliphatic carbocycles. The predicted octanol–water partition coefficient (Wildman–Crippen LogP) is 3.96. The number of allylic oxidation sites excluding steroid dienone is 1. The largest absolute Gasteiger partial charge is 0.481 e. The number of nitrogens with zero attached hydrogens (tertiary/aromatic N) is 1. The van der Waals surface area contributed by atoms with Crippen molar-refractivity contribution >= 4 is 18.0 Å². The molecule has 2 N–H and O–H groups in total. The third-order valence-corrected chi connectivity index (χ3v) is 6.62. The molecule has 0 bridgehead atoms. The normalized spacial score (nSPS) is 16.4. The summed E-state index contributed by atoms with van der Waals surface area (Å²) in [4.78, 5) is 38.6. The summed E-state index contributed by atoms with van der Waals surface area (Å²) < 4.78 is 5.55. The zero-order valence-corrected chi connectivity index (χ0v) is 18.9. The first-order valence-electron chi connectivity index (χ1n) is 11.3. The summed E-state index contributed by atoms with van der Waals surface area (Å²) in [6.07, 6.45) is 2.88. The Hall–Kier alpha value is -3.87. The predicted molar refractivity (Wildman–Crippen MR) is 128 cm³/mol. The quantitative estimate of drug-likeness (QED) is 0.553. The lowest BCUT2D eigenvalue weighted by atomic mass is 9.76. The molecule has 1 fully saturated rings. The zero-order chi connectivity index (χ0) is 24.3. The van der Waals surface area contributed by atoms with E-state index in [-0.39, 0.29) is 44.4 Å². The van der Waals surface area contributed by atoms with Crippen molar-refractivity contribution in [1.29, 1.82) is 0 Å². The highest BCUT2D eigenvalue weighted by Gasteiger charge is 2.51. The Morgan fingerprint density at radius 3 is 2.18 bits per heavy atom. The average Bonchev–Trinajstić information content (AvgIpc) is 3.12. The number of ether oxygens (including phenoxy) is 1. The van der Waals surface area contributed by atoms with Crippen LogP contribution in [0.3, 0.4) is 0 Å². The molecule has 2 amide bonds. The number of nitrogens with one attached hydrogen (secondary N) is 1. The van der Waals surface area contributed by atoms with E-state index in [1.54, 1.807) is 12.2 Å². The Morgan fingerprint density at radius 2 is 1.65 bits per heavy atom. The molecule has 1 aliphatic heterocycles. The molecule has 0 radical (unpaired) electrons. The second-order valence-corrected chi connectivity index (χ2v) is 8.82. The molecular formula is C27H28N2O5. The molecular weight excluding hydrogens is 432 g/mol. The summed E-state index contributed by atoms with van der Waals surface area (Å²) in [5.74, 6) is -1.40. The number of carboxylic acid groups (broad SMARTS) is 1. The van der Waals surface area contributed by atoms with Crippen molar-refractivity contribution in [3.05, 3.63) is 85.0 Å². The maximum atomic E-state index is 12.9. The molecule has 2 aliphatic rings. The summed E-state index contributed by atoms with van der Waals surface area (Å²) in [6, 6.07) is 15.2. The number of alkyl carbamates (subject to hydrolysis) is 1. The van der Waals surface area contributed by atoms with Crippen molar-refractivity contribution in [2.24, 2.45) is 5.41 Å². The van der Waals surface area contributed by atoms with Gasteiger partial charge in [-0.1, -0.05) is 60.7 Å². The van der Waals surface area contributed by atoms with Crippen LogP contribution in [-0.4, -0.2) is 53.7 Å². The maximum Gasteiger partial charge on any atom is 0.407 e. The van der Waals surface area contributed by atoms with Crippen molar-refractivity contribution in [1.82, 2.24) is 10.2 Å². The fourth-order valence-electron chi connectivity index (χ4n) is 4.86. The minimum Gasteiger partial charge on any atom is -0.481 e. The number of hydrogen-bond donors (Lipinski definition) is 2. The van der Waals surface area contributed by atoms with Gasteiger partial charge >= 0.3 is 12.1 Å². The van der Waals surface area contributed by atoms with Crippen LogP contribution in [0.1, 0.15) is 29.9 Å². The van der Waals surface area contributed by atoms with Gasteiger partial charge in [-0.2, -0.15) is 0 Å². The van der Waals surface area contributed by atoms with Crippen LogP contribution in [0.15, 0.2) is 73.8 Å².